The Morgan fingerprint density at radius 1 is 1.23 bits per heavy atom. The van der Waals surface area contributed by atoms with E-state index < -0.39 is 11.7 Å². The topological polar surface area (TPSA) is 94.2 Å². The van der Waals surface area contributed by atoms with E-state index in [0.29, 0.717) is 11.2 Å². The number of benzene rings is 1. The number of carbonyl (C=O) groups is 2. The Morgan fingerprint density at radius 3 is 2.87 bits per heavy atom. The van der Waals surface area contributed by atoms with Crippen LogP contribution in [0, 0.1) is 11.7 Å². The van der Waals surface area contributed by atoms with E-state index >= 15 is 0 Å². The predicted octanol–water partition coefficient (Wildman–Crippen LogP) is 3.40. The fourth-order valence-corrected chi connectivity index (χ4v) is 4.03. The van der Waals surface area contributed by atoms with E-state index in [0.717, 1.165) is 37.4 Å². The number of hydrogen-bond acceptors (Lipinski definition) is 5. The molecule has 0 atom stereocenters. The van der Waals surface area contributed by atoms with Crippen molar-refractivity contribution in [3.05, 3.63) is 54.4 Å². The molecular weight excluding hydrogens is 387 g/mol. The Balaban J connectivity index is 1.40. The number of fused-ring (bicyclic) bond motifs is 2. The van der Waals surface area contributed by atoms with E-state index in [4.69, 9.17) is 0 Å². The van der Waals surface area contributed by atoms with Crippen molar-refractivity contribution in [3.8, 4) is 0 Å². The molecule has 0 radical (unpaired) electrons. The van der Waals surface area contributed by atoms with Gasteiger partial charge in [-0.15, -0.1) is 0 Å². The molecule has 30 heavy (non-hydrogen) atoms. The van der Waals surface area contributed by atoms with Crippen LogP contribution < -0.4 is 5.32 Å². The van der Waals surface area contributed by atoms with Gasteiger partial charge >= 0.3 is 0 Å². The zero-order valence-corrected chi connectivity index (χ0v) is 16.0. The molecule has 1 N–H and O–H groups in total. The second-order valence-electron chi connectivity index (χ2n) is 7.60. The van der Waals surface area contributed by atoms with Crippen LogP contribution in [0.4, 0.5) is 10.1 Å². The molecule has 9 heteroatoms. The number of rotatable bonds is 4. The van der Waals surface area contributed by atoms with Gasteiger partial charge in [-0.1, -0.05) is 0 Å². The van der Waals surface area contributed by atoms with Crippen molar-refractivity contribution in [2.24, 2.45) is 5.92 Å². The highest BCUT2D eigenvalue weighted by atomic mass is 19.1. The summed E-state index contributed by atoms with van der Waals surface area (Å²) < 4.78 is 18.0. The molecule has 1 saturated carbocycles. The van der Waals surface area contributed by atoms with Crippen LogP contribution in [0.25, 0.3) is 16.6 Å². The van der Waals surface area contributed by atoms with Crippen LogP contribution in [0.1, 0.15) is 42.1 Å². The monoisotopic (exact) mass is 406 g/mol. The number of nitrogens with zero attached hydrogens (tertiary/aromatic N) is 5. The third-order valence-corrected chi connectivity index (χ3v) is 5.69. The standard InChI is InChI=1S/C21H19FN6O2/c22-17-9-18-14(11-28(26-18)15-4-2-13(12-29)3-5-15)8-19(17)25-21(30)16-10-24-27-7-1-6-23-20(16)27/h1,6-13,15H,2-5H2,(H,25,30). The van der Waals surface area contributed by atoms with Gasteiger partial charge in [-0.05, 0) is 37.8 Å². The fraction of sp³-hybridized carbons (Fsp3) is 0.286. The van der Waals surface area contributed by atoms with E-state index in [1.165, 1.54) is 16.8 Å². The van der Waals surface area contributed by atoms with Gasteiger partial charge in [-0.3, -0.25) is 9.48 Å². The molecule has 3 aromatic heterocycles. The van der Waals surface area contributed by atoms with Crippen molar-refractivity contribution in [1.29, 1.82) is 0 Å². The van der Waals surface area contributed by atoms with Gasteiger partial charge in [-0.2, -0.15) is 10.2 Å². The van der Waals surface area contributed by atoms with E-state index in [1.807, 2.05) is 10.9 Å². The number of aromatic nitrogens is 5. The summed E-state index contributed by atoms with van der Waals surface area (Å²) in [6.07, 6.45) is 11.0. The van der Waals surface area contributed by atoms with Crippen LogP contribution in [-0.2, 0) is 4.79 Å². The highest BCUT2D eigenvalue weighted by Gasteiger charge is 2.23. The van der Waals surface area contributed by atoms with Crippen LogP contribution in [-0.4, -0.2) is 36.6 Å². The molecule has 0 saturated heterocycles. The molecular formula is C21H19FN6O2. The van der Waals surface area contributed by atoms with Crippen LogP contribution in [0.5, 0.6) is 0 Å². The van der Waals surface area contributed by atoms with Crippen molar-refractivity contribution in [3.63, 3.8) is 0 Å². The van der Waals surface area contributed by atoms with Crippen LogP contribution in [0.3, 0.4) is 0 Å². The summed E-state index contributed by atoms with van der Waals surface area (Å²) in [5.41, 5.74) is 1.26. The number of nitrogens with one attached hydrogen (secondary N) is 1. The molecule has 8 nitrogen and oxygen atoms in total. The Hall–Kier alpha value is -3.62. The maximum Gasteiger partial charge on any atom is 0.261 e. The van der Waals surface area contributed by atoms with Gasteiger partial charge in [0.2, 0.25) is 0 Å². The maximum atomic E-state index is 14.6. The molecule has 1 aromatic carbocycles. The van der Waals surface area contributed by atoms with Crippen LogP contribution in [0.2, 0.25) is 0 Å². The zero-order valence-electron chi connectivity index (χ0n) is 16.0. The first kappa shape index (κ1) is 18.4. The Bertz CT molecular complexity index is 1260. The zero-order chi connectivity index (χ0) is 20.7. The molecule has 4 aromatic rings. The largest absolute Gasteiger partial charge is 0.319 e. The van der Waals surface area contributed by atoms with Gasteiger partial charge in [0, 0.05) is 36.0 Å². The maximum absolute atomic E-state index is 14.6. The molecule has 1 fully saturated rings. The molecule has 0 unspecified atom stereocenters. The van der Waals surface area contributed by atoms with Gasteiger partial charge in [0.25, 0.3) is 5.91 Å². The first-order chi connectivity index (χ1) is 14.6. The number of anilines is 1. The SMILES string of the molecule is O=CC1CCC(n2cc3cc(NC(=O)c4cnn5cccnc45)c(F)cc3n2)CC1. The second-order valence-corrected chi connectivity index (χ2v) is 7.60. The van der Waals surface area contributed by atoms with Gasteiger partial charge in [0.15, 0.2) is 5.65 Å². The molecule has 1 aliphatic rings. The lowest BCUT2D eigenvalue weighted by molar-refractivity contribution is -0.112. The summed E-state index contributed by atoms with van der Waals surface area (Å²) in [6.45, 7) is 0. The van der Waals surface area contributed by atoms with Crippen LogP contribution >= 0.6 is 0 Å². The molecule has 5 rings (SSSR count). The summed E-state index contributed by atoms with van der Waals surface area (Å²) >= 11 is 0. The average molecular weight is 406 g/mol. The minimum absolute atomic E-state index is 0.0759. The van der Waals surface area contributed by atoms with Gasteiger partial charge in [0.1, 0.15) is 17.7 Å². The minimum atomic E-state index is -0.560. The molecule has 1 aliphatic carbocycles. The van der Waals surface area contributed by atoms with Gasteiger partial charge in [-0.25, -0.2) is 13.9 Å². The van der Waals surface area contributed by atoms with Gasteiger partial charge in [0.05, 0.1) is 23.4 Å². The van der Waals surface area contributed by atoms with E-state index in [2.05, 4.69) is 20.5 Å². The van der Waals surface area contributed by atoms with Crippen molar-refractivity contribution in [1.82, 2.24) is 24.4 Å². The normalized spacial score (nSPS) is 19.2. The average Bonchev–Trinajstić information content (AvgIpc) is 3.38. The van der Waals surface area contributed by atoms with Crippen molar-refractivity contribution < 1.29 is 14.0 Å². The fourth-order valence-electron chi connectivity index (χ4n) is 4.03. The van der Waals surface area contributed by atoms with Crippen molar-refractivity contribution in [2.45, 2.75) is 31.7 Å². The third-order valence-electron chi connectivity index (χ3n) is 5.69. The highest BCUT2D eigenvalue weighted by molar-refractivity contribution is 6.08. The molecule has 0 bridgehead atoms. The summed E-state index contributed by atoms with van der Waals surface area (Å²) in [6, 6.07) is 4.81. The molecule has 0 aliphatic heterocycles. The highest BCUT2D eigenvalue weighted by Crippen LogP contribution is 2.32. The third kappa shape index (κ3) is 3.22. The number of amides is 1. The van der Waals surface area contributed by atoms with E-state index in [1.54, 1.807) is 24.5 Å². The lowest BCUT2D eigenvalue weighted by Gasteiger charge is -2.25. The lowest BCUT2D eigenvalue weighted by Crippen LogP contribution is -2.19. The first-order valence-electron chi connectivity index (χ1n) is 9.86. The lowest BCUT2D eigenvalue weighted by atomic mass is 9.87. The molecule has 152 valence electrons. The molecule has 1 amide bonds. The Morgan fingerprint density at radius 2 is 2.07 bits per heavy atom. The number of aldehydes is 1. The minimum Gasteiger partial charge on any atom is -0.319 e. The molecule has 3 heterocycles. The summed E-state index contributed by atoms with van der Waals surface area (Å²) in [7, 11) is 0. The predicted molar refractivity (Wildman–Crippen MR) is 108 cm³/mol. The number of carbonyl (C=O) groups excluding carboxylic acids is 2. The summed E-state index contributed by atoms with van der Waals surface area (Å²) in [5, 5.41) is 12.0. The van der Waals surface area contributed by atoms with Crippen molar-refractivity contribution >= 4 is 34.4 Å². The van der Waals surface area contributed by atoms with Crippen molar-refractivity contribution in [2.75, 3.05) is 5.32 Å². The first-order valence-corrected chi connectivity index (χ1v) is 9.86. The second kappa shape index (κ2) is 7.33. The smallest absolute Gasteiger partial charge is 0.261 e. The van der Waals surface area contributed by atoms with E-state index in [-0.39, 0.29) is 23.2 Å². The Labute approximate surface area is 170 Å². The molecule has 0 spiro atoms. The Kier molecular flexibility index (Phi) is 4.50. The number of hydrogen-bond donors (Lipinski definition) is 1. The number of halogens is 1. The summed E-state index contributed by atoms with van der Waals surface area (Å²) in [5.74, 6) is -0.920. The summed E-state index contributed by atoms with van der Waals surface area (Å²) in [4.78, 5) is 27.8. The van der Waals surface area contributed by atoms with Crippen LogP contribution in [0.15, 0.2) is 43.0 Å². The van der Waals surface area contributed by atoms with E-state index in [9.17, 15) is 14.0 Å². The quantitative estimate of drug-likeness (QED) is 0.524. The van der Waals surface area contributed by atoms with Gasteiger partial charge < -0.3 is 10.1 Å².